The second-order valence-corrected chi connectivity index (χ2v) is 4.66. The largest absolute Gasteiger partial charge is 0.404 e. The Morgan fingerprint density at radius 1 is 1.07 bits per heavy atom. The van der Waals surface area contributed by atoms with Gasteiger partial charge in [0.1, 0.15) is 0 Å². The van der Waals surface area contributed by atoms with Crippen LogP contribution in [0.15, 0.2) is 47.3 Å². The molecule has 0 aliphatic rings. The molecular formula is C13H16NO+. The number of nitrogens with zero attached hydrogens (tertiary/aromatic N) is 1. The highest BCUT2D eigenvalue weighted by Gasteiger charge is 2.24. The average Bonchev–Trinajstić information content (AvgIpc) is 2.67. The van der Waals surface area contributed by atoms with Crippen molar-refractivity contribution in [3.8, 4) is 11.3 Å². The monoisotopic (exact) mass is 202 g/mol. The van der Waals surface area contributed by atoms with Crippen LogP contribution in [0.4, 0.5) is 0 Å². The van der Waals surface area contributed by atoms with Crippen molar-refractivity contribution >= 4 is 0 Å². The Morgan fingerprint density at radius 3 is 2.27 bits per heavy atom. The standard InChI is InChI=1S/C13H16NO/c1-13(2,3)14-9-12(15-10-14)11-7-5-4-6-8-11/h4-10H,1-3H3/q+1. The Bertz CT molecular complexity index is 437. The van der Waals surface area contributed by atoms with Crippen molar-refractivity contribution in [2.45, 2.75) is 26.3 Å². The normalized spacial score (nSPS) is 11.7. The summed E-state index contributed by atoms with van der Waals surface area (Å²) in [6.45, 7) is 6.45. The fraction of sp³-hybridized carbons (Fsp3) is 0.308. The molecule has 2 rings (SSSR count). The zero-order chi connectivity index (χ0) is 10.9. The van der Waals surface area contributed by atoms with E-state index < -0.39 is 0 Å². The topological polar surface area (TPSA) is 17.0 Å². The number of benzene rings is 1. The summed E-state index contributed by atoms with van der Waals surface area (Å²) in [5, 5.41) is 0. The Hall–Kier alpha value is -1.57. The first-order chi connectivity index (χ1) is 7.07. The molecule has 0 saturated carbocycles. The van der Waals surface area contributed by atoms with Crippen LogP contribution in [-0.4, -0.2) is 0 Å². The lowest BCUT2D eigenvalue weighted by molar-refractivity contribution is -0.756. The molecule has 0 saturated heterocycles. The maximum atomic E-state index is 5.54. The van der Waals surface area contributed by atoms with Gasteiger partial charge in [-0.2, -0.15) is 4.57 Å². The molecule has 0 fully saturated rings. The third-order valence-corrected chi connectivity index (χ3v) is 2.38. The zero-order valence-electron chi connectivity index (χ0n) is 9.40. The Balaban J connectivity index is 2.37. The van der Waals surface area contributed by atoms with E-state index in [0.29, 0.717) is 0 Å². The first-order valence-corrected chi connectivity index (χ1v) is 5.13. The van der Waals surface area contributed by atoms with E-state index in [1.807, 2.05) is 36.5 Å². The highest BCUT2D eigenvalue weighted by atomic mass is 16.3. The van der Waals surface area contributed by atoms with Crippen LogP contribution >= 0.6 is 0 Å². The minimum atomic E-state index is 0.0660. The molecule has 0 spiro atoms. The van der Waals surface area contributed by atoms with Crippen molar-refractivity contribution in [1.82, 2.24) is 0 Å². The second kappa shape index (κ2) is 3.54. The summed E-state index contributed by atoms with van der Waals surface area (Å²) in [6, 6.07) is 10.1. The van der Waals surface area contributed by atoms with Gasteiger partial charge in [0, 0.05) is 26.3 Å². The molecule has 0 bridgehead atoms. The number of hydrogen-bond donors (Lipinski definition) is 0. The van der Waals surface area contributed by atoms with Gasteiger partial charge >= 0.3 is 6.39 Å². The number of aromatic nitrogens is 1. The highest BCUT2D eigenvalue weighted by Crippen LogP contribution is 2.18. The molecule has 0 N–H and O–H groups in total. The van der Waals surface area contributed by atoms with Crippen LogP contribution in [0.3, 0.4) is 0 Å². The van der Waals surface area contributed by atoms with Crippen molar-refractivity contribution in [2.24, 2.45) is 0 Å². The minimum Gasteiger partial charge on any atom is -0.404 e. The van der Waals surface area contributed by atoms with E-state index in [2.05, 4.69) is 25.3 Å². The van der Waals surface area contributed by atoms with Crippen LogP contribution < -0.4 is 4.57 Å². The summed E-state index contributed by atoms with van der Waals surface area (Å²) in [5.74, 6) is 0.908. The molecule has 0 unspecified atom stereocenters. The Kier molecular flexibility index (Phi) is 2.35. The molecule has 0 amide bonds. The van der Waals surface area contributed by atoms with Crippen LogP contribution in [0.2, 0.25) is 0 Å². The van der Waals surface area contributed by atoms with Crippen LogP contribution in [0.5, 0.6) is 0 Å². The second-order valence-electron chi connectivity index (χ2n) is 4.66. The molecule has 0 radical (unpaired) electrons. The Labute approximate surface area is 90.2 Å². The average molecular weight is 202 g/mol. The van der Waals surface area contributed by atoms with Gasteiger partial charge in [0.05, 0.1) is 0 Å². The number of rotatable bonds is 1. The van der Waals surface area contributed by atoms with E-state index in [-0.39, 0.29) is 5.54 Å². The molecule has 0 aliphatic carbocycles. The summed E-state index contributed by atoms with van der Waals surface area (Å²) in [7, 11) is 0. The number of oxazole rings is 1. The maximum absolute atomic E-state index is 5.54. The van der Waals surface area contributed by atoms with Gasteiger partial charge in [-0.1, -0.05) is 30.3 Å². The van der Waals surface area contributed by atoms with E-state index >= 15 is 0 Å². The Morgan fingerprint density at radius 2 is 1.73 bits per heavy atom. The van der Waals surface area contributed by atoms with Crippen molar-refractivity contribution in [1.29, 1.82) is 0 Å². The van der Waals surface area contributed by atoms with Crippen molar-refractivity contribution in [3.63, 3.8) is 0 Å². The van der Waals surface area contributed by atoms with Crippen LogP contribution in [0.25, 0.3) is 11.3 Å². The molecule has 2 nitrogen and oxygen atoms in total. The third kappa shape index (κ3) is 2.09. The molecule has 15 heavy (non-hydrogen) atoms. The fourth-order valence-corrected chi connectivity index (χ4v) is 1.40. The molecule has 2 heteroatoms. The van der Waals surface area contributed by atoms with Gasteiger partial charge in [-0.05, 0) is 0 Å². The molecule has 78 valence electrons. The van der Waals surface area contributed by atoms with Gasteiger partial charge in [-0.3, -0.25) is 0 Å². The SMILES string of the molecule is CC(C)(C)[n+]1coc(-c2ccccc2)c1. The summed E-state index contributed by atoms with van der Waals surface area (Å²) >= 11 is 0. The summed E-state index contributed by atoms with van der Waals surface area (Å²) in [6.07, 6.45) is 3.80. The van der Waals surface area contributed by atoms with E-state index in [0.717, 1.165) is 11.3 Å². The van der Waals surface area contributed by atoms with Gasteiger partial charge in [-0.15, -0.1) is 0 Å². The summed E-state index contributed by atoms with van der Waals surface area (Å²) < 4.78 is 7.62. The first kappa shape index (κ1) is 9.97. The summed E-state index contributed by atoms with van der Waals surface area (Å²) in [4.78, 5) is 0. The van der Waals surface area contributed by atoms with E-state index in [9.17, 15) is 0 Å². The van der Waals surface area contributed by atoms with Gasteiger partial charge in [0.25, 0.3) is 0 Å². The van der Waals surface area contributed by atoms with E-state index in [4.69, 9.17) is 4.42 Å². The van der Waals surface area contributed by atoms with Crippen molar-refractivity contribution < 1.29 is 8.98 Å². The van der Waals surface area contributed by atoms with E-state index in [1.165, 1.54) is 0 Å². The summed E-state index contributed by atoms with van der Waals surface area (Å²) in [5.41, 5.74) is 1.18. The molecule has 1 aromatic carbocycles. The molecule has 0 aliphatic heterocycles. The fourth-order valence-electron chi connectivity index (χ4n) is 1.40. The molecule has 1 aromatic heterocycles. The molecule has 2 aromatic rings. The van der Waals surface area contributed by atoms with Gasteiger partial charge in [0.2, 0.25) is 12.0 Å². The first-order valence-electron chi connectivity index (χ1n) is 5.13. The predicted octanol–water partition coefficient (Wildman–Crippen LogP) is 2.99. The lowest BCUT2D eigenvalue weighted by atomic mass is 10.1. The van der Waals surface area contributed by atoms with Crippen molar-refractivity contribution in [3.05, 3.63) is 42.9 Å². The van der Waals surface area contributed by atoms with Gasteiger partial charge in [0.15, 0.2) is 5.54 Å². The lowest BCUT2D eigenvalue weighted by Crippen LogP contribution is -2.48. The quantitative estimate of drug-likeness (QED) is 0.650. The maximum Gasteiger partial charge on any atom is 0.335 e. The lowest BCUT2D eigenvalue weighted by Gasteiger charge is -2.07. The van der Waals surface area contributed by atoms with Crippen LogP contribution in [0.1, 0.15) is 20.8 Å². The van der Waals surface area contributed by atoms with Gasteiger partial charge in [-0.25, -0.2) is 0 Å². The van der Waals surface area contributed by atoms with E-state index in [1.54, 1.807) is 6.39 Å². The molecular weight excluding hydrogens is 186 g/mol. The van der Waals surface area contributed by atoms with Crippen LogP contribution in [-0.2, 0) is 5.54 Å². The third-order valence-electron chi connectivity index (χ3n) is 2.38. The van der Waals surface area contributed by atoms with Gasteiger partial charge < -0.3 is 4.42 Å². The smallest absolute Gasteiger partial charge is 0.335 e. The molecule has 0 atom stereocenters. The molecule has 1 heterocycles. The minimum absolute atomic E-state index is 0.0660. The zero-order valence-corrected chi connectivity index (χ0v) is 9.40. The van der Waals surface area contributed by atoms with Crippen molar-refractivity contribution in [2.75, 3.05) is 0 Å². The highest BCUT2D eigenvalue weighted by molar-refractivity contribution is 5.54. The predicted molar refractivity (Wildman–Crippen MR) is 59.3 cm³/mol. The van der Waals surface area contributed by atoms with Crippen LogP contribution in [0, 0.1) is 0 Å². The number of hydrogen-bond acceptors (Lipinski definition) is 1.